The topological polar surface area (TPSA) is 87.2 Å². The molecule has 0 bridgehead atoms. The maximum Gasteiger partial charge on any atom is 0.151 e. The molecule has 3 aromatic rings. The second-order valence-electron chi connectivity index (χ2n) is 6.55. The van der Waals surface area contributed by atoms with Crippen LogP contribution in [0.3, 0.4) is 0 Å². The Morgan fingerprint density at radius 3 is 2.78 bits per heavy atom. The van der Waals surface area contributed by atoms with Crippen LogP contribution in [-0.4, -0.2) is 58.0 Å². The molecule has 0 amide bonds. The molecule has 8 heteroatoms. The summed E-state index contributed by atoms with van der Waals surface area (Å²) in [5.74, 6) is 0.695. The molecular weight excluding hydrogens is 349 g/mol. The lowest BCUT2D eigenvalue weighted by Gasteiger charge is -2.34. The van der Waals surface area contributed by atoms with Crippen LogP contribution in [0.5, 0.6) is 5.75 Å². The number of halogens is 1. The number of ether oxygens (including phenoxy) is 1. The maximum absolute atomic E-state index is 14.1. The number of hydrogen-bond acceptors (Lipinski definition) is 6. The molecule has 3 heterocycles. The van der Waals surface area contributed by atoms with Gasteiger partial charge in [-0.1, -0.05) is 6.07 Å². The number of alkyl halides is 1. The summed E-state index contributed by atoms with van der Waals surface area (Å²) in [5.41, 5.74) is 2.87. The molecule has 1 saturated heterocycles. The first-order chi connectivity index (χ1) is 13.1. The van der Waals surface area contributed by atoms with Crippen molar-refractivity contribution in [1.29, 1.82) is 0 Å². The van der Waals surface area contributed by atoms with E-state index >= 15 is 0 Å². The van der Waals surface area contributed by atoms with Gasteiger partial charge in [-0.2, -0.15) is 5.10 Å². The van der Waals surface area contributed by atoms with Gasteiger partial charge in [0.15, 0.2) is 5.82 Å². The standard InChI is InChI=1S/C19H20FN5O2/c1-25(17-6-7-27-11-15(17)20)19-5-4-16(23-24-19)14-3-2-12(8-18(14)26)13-9-21-22-10-13/h2-5,8-10,15,17,26H,6-7,11H2,1H3,(H,21,22)/t15-,17+/m0/s1. The van der Waals surface area contributed by atoms with Gasteiger partial charge < -0.3 is 14.7 Å². The van der Waals surface area contributed by atoms with Gasteiger partial charge in [-0.05, 0) is 36.2 Å². The molecule has 0 unspecified atom stereocenters. The van der Waals surface area contributed by atoms with Crippen LogP contribution in [0.4, 0.5) is 10.2 Å². The first-order valence-corrected chi connectivity index (χ1v) is 8.74. The Balaban J connectivity index is 1.55. The highest BCUT2D eigenvalue weighted by atomic mass is 19.1. The van der Waals surface area contributed by atoms with Crippen LogP contribution in [-0.2, 0) is 4.74 Å². The van der Waals surface area contributed by atoms with Crippen LogP contribution in [0.1, 0.15) is 6.42 Å². The van der Waals surface area contributed by atoms with Crippen molar-refractivity contribution >= 4 is 5.82 Å². The van der Waals surface area contributed by atoms with Crippen molar-refractivity contribution in [3.05, 3.63) is 42.7 Å². The summed E-state index contributed by atoms with van der Waals surface area (Å²) in [4.78, 5) is 1.80. The highest BCUT2D eigenvalue weighted by molar-refractivity contribution is 5.73. The molecule has 0 saturated carbocycles. The van der Waals surface area contributed by atoms with E-state index in [2.05, 4.69) is 20.4 Å². The fraction of sp³-hybridized carbons (Fsp3) is 0.316. The van der Waals surface area contributed by atoms with Crippen LogP contribution in [0, 0.1) is 0 Å². The molecule has 0 spiro atoms. The van der Waals surface area contributed by atoms with Crippen LogP contribution < -0.4 is 4.90 Å². The highest BCUT2D eigenvalue weighted by Crippen LogP contribution is 2.32. The van der Waals surface area contributed by atoms with Gasteiger partial charge in [-0.15, -0.1) is 10.2 Å². The molecule has 0 aliphatic carbocycles. The van der Waals surface area contributed by atoms with Gasteiger partial charge in [0.2, 0.25) is 0 Å². The van der Waals surface area contributed by atoms with E-state index in [1.54, 1.807) is 41.6 Å². The Labute approximate surface area is 155 Å². The zero-order chi connectivity index (χ0) is 18.8. The van der Waals surface area contributed by atoms with E-state index in [0.29, 0.717) is 30.1 Å². The molecule has 2 N–H and O–H groups in total. The third-order valence-electron chi connectivity index (χ3n) is 4.87. The van der Waals surface area contributed by atoms with Crippen LogP contribution in [0.2, 0.25) is 0 Å². The molecule has 1 fully saturated rings. The van der Waals surface area contributed by atoms with E-state index in [4.69, 9.17) is 4.74 Å². The number of aromatic nitrogens is 4. The summed E-state index contributed by atoms with van der Waals surface area (Å²) in [5, 5.41) is 25.5. The fourth-order valence-corrected chi connectivity index (χ4v) is 3.29. The number of benzene rings is 1. The zero-order valence-corrected chi connectivity index (χ0v) is 14.8. The van der Waals surface area contributed by atoms with E-state index in [0.717, 1.165) is 11.1 Å². The van der Waals surface area contributed by atoms with Crippen LogP contribution in [0.15, 0.2) is 42.7 Å². The number of nitrogens with zero attached hydrogens (tertiary/aromatic N) is 4. The summed E-state index contributed by atoms with van der Waals surface area (Å²) in [6, 6.07) is 8.63. The van der Waals surface area contributed by atoms with Crippen LogP contribution >= 0.6 is 0 Å². The molecule has 27 heavy (non-hydrogen) atoms. The largest absolute Gasteiger partial charge is 0.507 e. The third-order valence-corrected chi connectivity index (χ3v) is 4.87. The minimum atomic E-state index is -1.05. The summed E-state index contributed by atoms with van der Waals surface area (Å²) in [6.07, 6.45) is 3.00. The monoisotopic (exact) mass is 369 g/mol. The third kappa shape index (κ3) is 3.48. The van der Waals surface area contributed by atoms with Gasteiger partial charge in [-0.3, -0.25) is 5.10 Å². The summed E-state index contributed by atoms with van der Waals surface area (Å²) >= 11 is 0. The van der Waals surface area contributed by atoms with Gasteiger partial charge in [-0.25, -0.2) is 4.39 Å². The second-order valence-corrected chi connectivity index (χ2v) is 6.55. The number of rotatable bonds is 4. The number of H-pyrrole nitrogens is 1. The smallest absolute Gasteiger partial charge is 0.151 e. The second kappa shape index (κ2) is 7.32. The van der Waals surface area contributed by atoms with Crippen molar-refractivity contribution in [1.82, 2.24) is 20.4 Å². The number of aromatic amines is 1. The fourth-order valence-electron chi connectivity index (χ4n) is 3.29. The van der Waals surface area contributed by atoms with Gasteiger partial charge in [0.1, 0.15) is 11.9 Å². The average Bonchev–Trinajstić information content (AvgIpc) is 3.23. The summed E-state index contributed by atoms with van der Waals surface area (Å²) in [6.45, 7) is 0.648. The Morgan fingerprint density at radius 1 is 1.22 bits per heavy atom. The normalized spacial score (nSPS) is 19.8. The lowest BCUT2D eigenvalue weighted by atomic mass is 10.0. The molecule has 1 aliphatic rings. The number of nitrogens with one attached hydrogen (secondary N) is 1. The number of phenolic OH excluding ortho intramolecular Hbond substituents is 1. The molecule has 7 nitrogen and oxygen atoms in total. The molecular formula is C19H20FN5O2. The Morgan fingerprint density at radius 2 is 2.11 bits per heavy atom. The number of hydrogen-bond donors (Lipinski definition) is 2. The minimum absolute atomic E-state index is 0.109. The van der Waals surface area contributed by atoms with Crippen LogP contribution in [0.25, 0.3) is 22.4 Å². The van der Waals surface area contributed by atoms with Crippen molar-refractivity contribution in [2.45, 2.75) is 18.6 Å². The van der Waals surface area contributed by atoms with E-state index in [-0.39, 0.29) is 18.4 Å². The van der Waals surface area contributed by atoms with Crippen molar-refractivity contribution < 1.29 is 14.2 Å². The van der Waals surface area contributed by atoms with Gasteiger partial charge in [0.25, 0.3) is 0 Å². The highest BCUT2D eigenvalue weighted by Gasteiger charge is 2.29. The van der Waals surface area contributed by atoms with E-state index in [1.807, 2.05) is 13.1 Å². The molecule has 140 valence electrons. The quantitative estimate of drug-likeness (QED) is 0.735. The minimum Gasteiger partial charge on any atom is -0.507 e. The number of phenols is 1. The Hall–Kier alpha value is -3.00. The Bertz CT molecular complexity index is 901. The molecule has 2 atom stereocenters. The molecule has 1 aromatic carbocycles. The SMILES string of the molecule is CN(c1ccc(-c2ccc(-c3cn[nH]c3)cc2O)nn1)[C@@H]1CCOC[C@@H]1F. The van der Waals surface area contributed by atoms with E-state index in [9.17, 15) is 9.50 Å². The Kier molecular flexibility index (Phi) is 4.72. The summed E-state index contributed by atoms with van der Waals surface area (Å²) in [7, 11) is 1.81. The van der Waals surface area contributed by atoms with Gasteiger partial charge in [0, 0.05) is 31.0 Å². The first-order valence-electron chi connectivity index (χ1n) is 8.74. The predicted molar refractivity (Wildman–Crippen MR) is 99.2 cm³/mol. The van der Waals surface area contributed by atoms with Crippen molar-refractivity contribution in [2.24, 2.45) is 0 Å². The molecule has 2 aromatic heterocycles. The molecule has 4 rings (SSSR count). The van der Waals surface area contributed by atoms with Crippen molar-refractivity contribution in [2.75, 3.05) is 25.2 Å². The molecule has 1 aliphatic heterocycles. The van der Waals surface area contributed by atoms with Crippen molar-refractivity contribution in [3.63, 3.8) is 0 Å². The lowest BCUT2D eigenvalue weighted by Crippen LogP contribution is -2.45. The van der Waals surface area contributed by atoms with Crippen molar-refractivity contribution in [3.8, 4) is 28.1 Å². The van der Waals surface area contributed by atoms with E-state index < -0.39 is 6.17 Å². The number of aromatic hydroxyl groups is 1. The average molecular weight is 369 g/mol. The predicted octanol–water partition coefficient (Wildman–Crippen LogP) is 2.80. The van der Waals surface area contributed by atoms with E-state index in [1.165, 1.54) is 0 Å². The lowest BCUT2D eigenvalue weighted by molar-refractivity contribution is 0.0225. The van der Waals surface area contributed by atoms with Gasteiger partial charge >= 0.3 is 0 Å². The maximum atomic E-state index is 14.1. The van der Waals surface area contributed by atoms with Gasteiger partial charge in [0.05, 0.1) is 24.5 Å². The summed E-state index contributed by atoms with van der Waals surface area (Å²) < 4.78 is 19.2. The molecule has 0 radical (unpaired) electrons. The zero-order valence-electron chi connectivity index (χ0n) is 14.8. The first kappa shape index (κ1) is 17.4. The number of anilines is 1.